The van der Waals surface area contributed by atoms with Crippen LogP contribution in [0, 0.1) is 0 Å². The monoisotopic (exact) mass is 412 g/mol. The number of methoxy groups -OCH3 is 1. The Balaban J connectivity index is 1.63. The second-order valence-corrected chi connectivity index (χ2v) is 7.33. The number of benzene rings is 3. The molecule has 3 aromatic carbocycles. The van der Waals surface area contributed by atoms with Crippen LogP contribution in [0.25, 0.3) is 16.6 Å². The summed E-state index contributed by atoms with van der Waals surface area (Å²) in [5.41, 5.74) is 5.90. The minimum Gasteiger partial charge on any atom is -0.497 e. The highest BCUT2D eigenvalue weighted by Crippen LogP contribution is 2.37. The van der Waals surface area contributed by atoms with E-state index >= 15 is 0 Å². The van der Waals surface area contributed by atoms with Crippen LogP contribution in [0.3, 0.4) is 0 Å². The summed E-state index contributed by atoms with van der Waals surface area (Å²) in [5, 5.41) is 9.50. The minimum absolute atomic E-state index is 0.229. The van der Waals surface area contributed by atoms with Crippen LogP contribution in [0.1, 0.15) is 27.0 Å². The molecule has 0 amide bonds. The standard InChI is InChI=1S/C25H20N2O4/c1-30-18-7-8-23-22(13-18)26-15-27(23)11-10-20-19-5-3-2-4-17(19)14-31-24-9-6-16(25(28)29)12-21(20)24/h2-10,12-13,15H,11,14H2,1H3,(H,28,29)/b20-10-. The van der Waals surface area contributed by atoms with Gasteiger partial charge in [0.05, 0.1) is 30.0 Å². The molecule has 0 fully saturated rings. The van der Waals surface area contributed by atoms with Crippen LogP contribution >= 0.6 is 0 Å². The largest absolute Gasteiger partial charge is 0.497 e. The third-order valence-electron chi connectivity index (χ3n) is 5.53. The fraction of sp³-hybridized carbons (Fsp3) is 0.120. The predicted octanol–water partition coefficient (Wildman–Crippen LogP) is 4.77. The lowest BCUT2D eigenvalue weighted by atomic mass is 9.93. The Morgan fingerprint density at radius 2 is 2.03 bits per heavy atom. The van der Waals surface area contributed by atoms with E-state index in [1.165, 1.54) is 0 Å². The van der Waals surface area contributed by atoms with E-state index in [4.69, 9.17) is 9.47 Å². The van der Waals surface area contributed by atoms with E-state index in [2.05, 4.69) is 15.6 Å². The summed E-state index contributed by atoms with van der Waals surface area (Å²) in [5.74, 6) is 0.475. The van der Waals surface area contributed by atoms with Crippen LogP contribution in [0.2, 0.25) is 0 Å². The molecule has 0 spiro atoms. The van der Waals surface area contributed by atoms with Gasteiger partial charge in [-0.05, 0) is 47.0 Å². The third-order valence-corrected chi connectivity index (χ3v) is 5.53. The average molecular weight is 412 g/mol. The molecule has 6 nitrogen and oxygen atoms in total. The van der Waals surface area contributed by atoms with Gasteiger partial charge in [0, 0.05) is 18.2 Å². The highest BCUT2D eigenvalue weighted by Gasteiger charge is 2.20. The number of aromatic nitrogens is 2. The quantitative estimate of drug-likeness (QED) is 0.523. The third kappa shape index (κ3) is 3.42. The summed E-state index contributed by atoms with van der Waals surface area (Å²) in [6, 6.07) is 18.8. The first-order valence-electron chi connectivity index (χ1n) is 9.92. The van der Waals surface area contributed by atoms with Crippen molar-refractivity contribution in [2.75, 3.05) is 7.11 Å². The van der Waals surface area contributed by atoms with Crippen molar-refractivity contribution in [2.45, 2.75) is 13.2 Å². The predicted molar refractivity (Wildman–Crippen MR) is 118 cm³/mol. The van der Waals surface area contributed by atoms with E-state index < -0.39 is 5.97 Å². The highest BCUT2D eigenvalue weighted by atomic mass is 16.5. The fourth-order valence-electron chi connectivity index (χ4n) is 3.93. The molecule has 154 valence electrons. The molecule has 1 aliphatic rings. The number of carboxylic acids is 1. The van der Waals surface area contributed by atoms with Gasteiger partial charge in [0.1, 0.15) is 18.1 Å². The molecule has 0 saturated heterocycles. The first-order valence-corrected chi connectivity index (χ1v) is 9.92. The molecule has 2 heterocycles. The molecule has 5 rings (SSSR count). The van der Waals surface area contributed by atoms with Gasteiger partial charge in [0.2, 0.25) is 0 Å². The molecule has 0 aliphatic carbocycles. The summed E-state index contributed by atoms with van der Waals surface area (Å²) in [7, 11) is 1.64. The van der Waals surface area contributed by atoms with Gasteiger partial charge in [0.25, 0.3) is 0 Å². The number of allylic oxidation sites excluding steroid dienone is 1. The van der Waals surface area contributed by atoms with Crippen molar-refractivity contribution in [2.24, 2.45) is 0 Å². The maximum absolute atomic E-state index is 11.6. The van der Waals surface area contributed by atoms with Crippen LogP contribution in [-0.2, 0) is 13.2 Å². The average Bonchev–Trinajstić information content (AvgIpc) is 3.13. The van der Waals surface area contributed by atoms with Crippen LogP contribution in [-0.4, -0.2) is 27.7 Å². The zero-order chi connectivity index (χ0) is 21.4. The summed E-state index contributed by atoms with van der Waals surface area (Å²) in [4.78, 5) is 16.1. The minimum atomic E-state index is -0.964. The molecule has 1 N–H and O–H groups in total. The Morgan fingerprint density at radius 3 is 2.87 bits per heavy atom. The van der Waals surface area contributed by atoms with Crippen LogP contribution in [0.5, 0.6) is 11.5 Å². The molecule has 1 aliphatic heterocycles. The molecule has 0 radical (unpaired) electrons. The number of carboxylic acid groups (broad SMARTS) is 1. The summed E-state index contributed by atoms with van der Waals surface area (Å²) >= 11 is 0. The van der Waals surface area contributed by atoms with E-state index in [0.29, 0.717) is 18.9 Å². The van der Waals surface area contributed by atoms with Crippen molar-refractivity contribution in [1.29, 1.82) is 0 Å². The summed E-state index contributed by atoms with van der Waals surface area (Å²) < 4.78 is 13.3. The fourth-order valence-corrected chi connectivity index (χ4v) is 3.93. The SMILES string of the molecule is COc1ccc2c(c1)ncn2C/C=C1/c2ccccc2COc2ccc(C(=O)O)cc21. The van der Waals surface area contributed by atoms with Crippen molar-refractivity contribution in [3.8, 4) is 11.5 Å². The number of rotatable bonds is 4. The van der Waals surface area contributed by atoms with E-state index in [-0.39, 0.29) is 5.56 Å². The Labute approximate surface area is 179 Å². The zero-order valence-corrected chi connectivity index (χ0v) is 16.9. The van der Waals surface area contributed by atoms with E-state index in [9.17, 15) is 9.90 Å². The van der Waals surface area contributed by atoms with Gasteiger partial charge >= 0.3 is 5.97 Å². The molecular formula is C25H20N2O4. The maximum Gasteiger partial charge on any atom is 0.335 e. The number of hydrogen-bond donors (Lipinski definition) is 1. The normalized spacial score (nSPS) is 13.9. The van der Waals surface area contributed by atoms with E-state index in [1.54, 1.807) is 31.6 Å². The lowest BCUT2D eigenvalue weighted by Crippen LogP contribution is -2.00. The number of carbonyl (C=O) groups is 1. The van der Waals surface area contributed by atoms with Gasteiger partial charge in [-0.3, -0.25) is 0 Å². The van der Waals surface area contributed by atoms with Crippen LogP contribution < -0.4 is 9.47 Å². The topological polar surface area (TPSA) is 73.6 Å². The number of nitrogens with zero attached hydrogens (tertiary/aromatic N) is 2. The number of hydrogen-bond acceptors (Lipinski definition) is 4. The van der Waals surface area contributed by atoms with Gasteiger partial charge in [0.15, 0.2) is 0 Å². The Kier molecular flexibility index (Phi) is 4.67. The Bertz CT molecular complexity index is 1340. The van der Waals surface area contributed by atoms with Crippen molar-refractivity contribution in [3.63, 3.8) is 0 Å². The van der Waals surface area contributed by atoms with Gasteiger partial charge in [-0.15, -0.1) is 0 Å². The van der Waals surface area contributed by atoms with Gasteiger partial charge in [-0.25, -0.2) is 9.78 Å². The van der Waals surface area contributed by atoms with Crippen molar-refractivity contribution in [1.82, 2.24) is 9.55 Å². The molecule has 0 unspecified atom stereocenters. The van der Waals surface area contributed by atoms with E-state index in [0.717, 1.165) is 39.0 Å². The Hall–Kier alpha value is -4.06. The van der Waals surface area contributed by atoms with E-state index in [1.807, 2.05) is 42.5 Å². The first kappa shape index (κ1) is 18.9. The molecule has 31 heavy (non-hydrogen) atoms. The van der Waals surface area contributed by atoms with Crippen molar-refractivity contribution >= 4 is 22.6 Å². The lowest BCUT2D eigenvalue weighted by molar-refractivity contribution is 0.0697. The Morgan fingerprint density at radius 1 is 1.16 bits per heavy atom. The second-order valence-electron chi connectivity index (χ2n) is 7.33. The highest BCUT2D eigenvalue weighted by molar-refractivity contribution is 5.92. The van der Waals surface area contributed by atoms with Crippen molar-refractivity contribution < 1.29 is 19.4 Å². The first-order chi connectivity index (χ1) is 15.1. The number of fused-ring (bicyclic) bond motifs is 3. The van der Waals surface area contributed by atoms with Gasteiger partial charge in [-0.2, -0.15) is 0 Å². The molecule has 0 saturated carbocycles. The number of imidazole rings is 1. The summed E-state index contributed by atoms with van der Waals surface area (Å²) in [6.45, 7) is 1.00. The van der Waals surface area contributed by atoms with Gasteiger partial charge < -0.3 is 19.1 Å². The zero-order valence-electron chi connectivity index (χ0n) is 16.9. The molecule has 0 bridgehead atoms. The molecule has 0 atom stereocenters. The molecule has 4 aromatic rings. The molecular weight excluding hydrogens is 392 g/mol. The number of ether oxygens (including phenoxy) is 2. The molecule has 1 aromatic heterocycles. The van der Waals surface area contributed by atoms with Crippen molar-refractivity contribution in [3.05, 3.63) is 95.3 Å². The number of aromatic carboxylic acids is 1. The lowest BCUT2D eigenvalue weighted by Gasteiger charge is -2.12. The second kappa shape index (κ2) is 7.65. The summed E-state index contributed by atoms with van der Waals surface area (Å²) in [6.07, 6.45) is 3.90. The van der Waals surface area contributed by atoms with Gasteiger partial charge in [-0.1, -0.05) is 30.3 Å². The van der Waals surface area contributed by atoms with Crippen LogP contribution in [0.4, 0.5) is 0 Å². The van der Waals surface area contributed by atoms with Crippen LogP contribution in [0.15, 0.2) is 73.1 Å². The smallest absolute Gasteiger partial charge is 0.335 e. The maximum atomic E-state index is 11.6. The molecule has 6 heteroatoms.